The van der Waals surface area contributed by atoms with Crippen LogP contribution >= 0.6 is 23.1 Å². The first-order valence-electron chi connectivity index (χ1n) is 10.7. The van der Waals surface area contributed by atoms with Gasteiger partial charge in [0, 0.05) is 29.0 Å². The second kappa shape index (κ2) is 9.76. The number of rotatable bonds is 5. The fraction of sp³-hybridized carbons (Fsp3) is 0.0833. The molecule has 0 spiro atoms. The van der Waals surface area contributed by atoms with E-state index in [2.05, 4.69) is 37.9 Å². The van der Waals surface area contributed by atoms with Crippen molar-refractivity contribution in [2.75, 3.05) is 5.32 Å². The SMILES string of the molecule is CC(=NN=c1sc(N=Nc2ccc([N+](=O)[O-])cc2)c(O)n1C)c1ccc2c(c1)Nc1ccccc1S2. The Morgan fingerprint density at radius 3 is 2.56 bits per heavy atom. The molecule has 1 aromatic heterocycles. The molecule has 0 amide bonds. The topological polar surface area (TPSA) is 130 Å². The van der Waals surface area contributed by atoms with Crippen molar-refractivity contribution < 1.29 is 10.0 Å². The summed E-state index contributed by atoms with van der Waals surface area (Å²) in [6.45, 7) is 1.87. The largest absolute Gasteiger partial charge is 0.492 e. The predicted octanol–water partition coefficient (Wildman–Crippen LogP) is 6.65. The van der Waals surface area contributed by atoms with E-state index < -0.39 is 4.92 Å². The van der Waals surface area contributed by atoms with Crippen molar-refractivity contribution in [2.45, 2.75) is 16.7 Å². The summed E-state index contributed by atoms with van der Waals surface area (Å²) in [6, 6.07) is 19.9. The van der Waals surface area contributed by atoms with E-state index in [0.29, 0.717) is 16.2 Å². The Labute approximate surface area is 213 Å². The number of benzene rings is 3. The van der Waals surface area contributed by atoms with Crippen LogP contribution in [0.1, 0.15) is 12.5 Å². The summed E-state index contributed by atoms with van der Waals surface area (Å²) in [6.07, 6.45) is 0. The Morgan fingerprint density at radius 1 is 1.03 bits per heavy atom. The summed E-state index contributed by atoms with van der Waals surface area (Å²) in [5.41, 5.74) is 4.11. The number of nitrogens with one attached hydrogen (secondary N) is 1. The lowest BCUT2D eigenvalue weighted by molar-refractivity contribution is -0.384. The maximum absolute atomic E-state index is 10.8. The summed E-state index contributed by atoms with van der Waals surface area (Å²) in [4.78, 5) is 13.1. The number of aromatic nitrogens is 1. The molecule has 0 radical (unpaired) electrons. The zero-order chi connectivity index (χ0) is 25.2. The lowest BCUT2D eigenvalue weighted by Gasteiger charge is -2.21. The highest BCUT2D eigenvalue weighted by Gasteiger charge is 2.16. The average molecular weight is 518 g/mol. The minimum absolute atomic E-state index is 0.0353. The molecular formula is C24H19N7O3S2. The van der Waals surface area contributed by atoms with Crippen molar-refractivity contribution in [3.8, 4) is 5.88 Å². The number of nitro groups is 1. The zero-order valence-corrected chi connectivity index (χ0v) is 20.7. The Morgan fingerprint density at radius 2 is 1.78 bits per heavy atom. The molecular weight excluding hydrogens is 498 g/mol. The van der Waals surface area contributed by atoms with Crippen LogP contribution in [0.4, 0.5) is 27.8 Å². The number of hydrogen-bond donors (Lipinski definition) is 2. The summed E-state index contributed by atoms with van der Waals surface area (Å²) in [7, 11) is 1.65. The van der Waals surface area contributed by atoms with Gasteiger partial charge in [0.15, 0.2) is 0 Å². The predicted molar refractivity (Wildman–Crippen MR) is 140 cm³/mol. The van der Waals surface area contributed by atoms with Crippen molar-refractivity contribution in [1.82, 2.24) is 4.57 Å². The number of azo groups is 1. The Balaban J connectivity index is 1.37. The Kier molecular flexibility index (Phi) is 6.36. The highest BCUT2D eigenvalue weighted by atomic mass is 32.2. The maximum Gasteiger partial charge on any atom is 0.269 e. The summed E-state index contributed by atoms with van der Waals surface area (Å²) in [5, 5.41) is 41.7. The van der Waals surface area contributed by atoms with Crippen LogP contribution in [0, 0.1) is 10.1 Å². The van der Waals surface area contributed by atoms with Crippen LogP contribution in [0.3, 0.4) is 0 Å². The van der Waals surface area contributed by atoms with Crippen molar-refractivity contribution in [3.63, 3.8) is 0 Å². The molecule has 2 heterocycles. The van der Waals surface area contributed by atoms with Gasteiger partial charge in [-0.15, -0.1) is 15.3 Å². The van der Waals surface area contributed by atoms with Gasteiger partial charge in [-0.2, -0.15) is 5.10 Å². The number of thiazole rings is 1. The minimum atomic E-state index is -0.485. The zero-order valence-electron chi connectivity index (χ0n) is 19.1. The van der Waals surface area contributed by atoms with Crippen molar-refractivity contribution >= 4 is 56.6 Å². The van der Waals surface area contributed by atoms with Crippen molar-refractivity contribution in [2.24, 2.45) is 27.5 Å². The number of nitro benzene ring substituents is 1. The van der Waals surface area contributed by atoms with Gasteiger partial charge in [0.2, 0.25) is 15.7 Å². The van der Waals surface area contributed by atoms with Gasteiger partial charge in [-0.3, -0.25) is 14.7 Å². The van der Waals surface area contributed by atoms with Gasteiger partial charge >= 0.3 is 0 Å². The fourth-order valence-corrected chi connectivity index (χ4v) is 5.13. The smallest absolute Gasteiger partial charge is 0.269 e. The molecule has 0 fully saturated rings. The van der Waals surface area contributed by atoms with E-state index in [-0.39, 0.29) is 16.6 Å². The first kappa shape index (κ1) is 23.5. The van der Waals surface area contributed by atoms with E-state index in [1.807, 2.05) is 37.3 Å². The summed E-state index contributed by atoms with van der Waals surface area (Å²) in [5.74, 6) is -0.106. The molecule has 2 N–H and O–H groups in total. The number of aromatic hydroxyl groups is 1. The number of non-ortho nitro benzene ring substituents is 1. The van der Waals surface area contributed by atoms with Crippen LogP contribution in [-0.4, -0.2) is 20.3 Å². The molecule has 12 heteroatoms. The second-order valence-corrected chi connectivity index (χ2v) is 9.81. The molecule has 36 heavy (non-hydrogen) atoms. The van der Waals surface area contributed by atoms with Gasteiger partial charge in [0.05, 0.1) is 27.7 Å². The van der Waals surface area contributed by atoms with Gasteiger partial charge in [-0.05, 0) is 48.9 Å². The van der Waals surface area contributed by atoms with Gasteiger partial charge in [0.1, 0.15) is 0 Å². The standard InChI is InChI=1S/C24H19N7O3S2/c1-14(15-7-12-21-19(13-15)25-18-5-3-4-6-20(18)35-21)26-29-24-30(2)23(32)22(36-24)28-27-16-8-10-17(11-9-16)31(33)34/h3-13,25,32H,1-2H3. The molecule has 180 valence electrons. The maximum atomic E-state index is 10.8. The van der Waals surface area contributed by atoms with E-state index in [1.165, 1.54) is 33.7 Å². The molecule has 0 aliphatic carbocycles. The quantitative estimate of drug-likeness (QED) is 0.117. The molecule has 10 nitrogen and oxygen atoms in total. The first-order chi connectivity index (χ1) is 17.4. The molecule has 1 aliphatic heterocycles. The number of para-hydroxylation sites is 1. The Bertz CT molecular complexity index is 1600. The van der Waals surface area contributed by atoms with Crippen LogP contribution in [0.5, 0.6) is 5.88 Å². The van der Waals surface area contributed by atoms with E-state index in [9.17, 15) is 15.2 Å². The van der Waals surface area contributed by atoms with Crippen LogP contribution in [0.15, 0.2) is 97.0 Å². The molecule has 0 bridgehead atoms. The minimum Gasteiger partial charge on any atom is -0.492 e. The third kappa shape index (κ3) is 4.76. The van der Waals surface area contributed by atoms with Gasteiger partial charge in [-0.1, -0.05) is 41.3 Å². The number of hydrogen-bond acceptors (Lipinski definition) is 10. The van der Waals surface area contributed by atoms with Crippen LogP contribution in [-0.2, 0) is 7.05 Å². The molecule has 0 saturated carbocycles. The molecule has 3 aromatic carbocycles. The van der Waals surface area contributed by atoms with Gasteiger partial charge in [-0.25, -0.2) is 0 Å². The lowest BCUT2D eigenvalue weighted by Crippen LogP contribution is -2.09. The van der Waals surface area contributed by atoms with Crippen LogP contribution < -0.4 is 10.1 Å². The molecule has 1 aliphatic rings. The number of fused-ring (bicyclic) bond motifs is 2. The van der Waals surface area contributed by atoms with Gasteiger partial charge in [0.25, 0.3) is 5.69 Å². The monoisotopic (exact) mass is 517 g/mol. The fourth-order valence-electron chi connectivity index (χ4n) is 3.37. The van der Waals surface area contributed by atoms with Crippen molar-refractivity contribution in [3.05, 3.63) is 87.2 Å². The third-order valence-corrected chi connectivity index (χ3v) is 7.51. The second-order valence-electron chi connectivity index (χ2n) is 7.77. The summed E-state index contributed by atoms with van der Waals surface area (Å²) < 4.78 is 1.47. The van der Waals surface area contributed by atoms with E-state index >= 15 is 0 Å². The molecule has 0 atom stereocenters. The molecule has 0 unspecified atom stereocenters. The summed E-state index contributed by atoms with van der Waals surface area (Å²) >= 11 is 2.84. The normalized spacial score (nSPS) is 13.4. The van der Waals surface area contributed by atoms with Crippen molar-refractivity contribution in [1.29, 1.82) is 0 Å². The Hall–Kier alpha value is -4.29. The highest BCUT2D eigenvalue weighted by molar-refractivity contribution is 7.99. The van der Waals surface area contributed by atoms with E-state index in [1.54, 1.807) is 18.8 Å². The highest BCUT2D eigenvalue weighted by Crippen LogP contribution is 2.44. The number of nitrogens with zero attached hydrogens (tertiary/aromatic N) is 6. The lowest BCUT2D eigenvalue weighted by atomic mass is 10.1. The number of anilines is 2. The average Bonchev–Trinajstić information content (AvgIpc) is 3.17. The van der Waals surface area contributed by atoms with Crippen LogP contribution in [0.25, 0.3) is 0 Å². The first-order valence-corrected chi connectivity index (χ1v) is 12.3. The third-order valence-electron chi connectivity index (χ3n) is 5.36. The molecule has 5 rings (SSSR count). The van der Waals surface area contributed by atoms with Gasteiger partial charge < -0.3 is 10.4 Å². The van der Waals surface area contributed by atoms with E-state index in [0.717, 1.165) is 33.2 Å². The van der Waals surface area contributed by atoms with Crippen LogP contribution in [0.2, 0.25) is 0 Å². The van der Waals surface area contributed by atoms with E-state index in [4.69, 9.17) is 0 Å². The molecule has 4 aromatic rings. The molecule has 0 saturated heterocycles.